The highest BCUT2D eigenvalue weighted by atomic mass is 35.5. The zero-order valence-corrected chi connectivity index (χ0v) is 11.3. The van der Waals surface area contributed by atoms with E-state index < -0.39 is 0 Å². The van der Waals surface area contributed by atoms with Crippen molar-refractivity contribution in [2.24, 2.45) is 4.99 Å². The molecule has 1 aromatic carbocycles. The van der Waals surface area contributed by atoms with Crippen LogP contribution >= 0.6 is 11.6 Å². The lowest BCUT2D eigenvalue weighted by Gasteiger charge is -2.04. The maximum absolute atomic E-state index is 7.00. The maximum Gasteiger partial charge on any atom is 0.129 e. The van der Waals surface area contributed by atoms with Crippen LogP contribution < -0.4 is 5.32 Å². The molecule has 1 aromatic rings. The van der Waals surface area contributed by atoms with Gasteiger partial charge in [0.15, 0.2) is 0 Å². The standard InChI is InChI=1S/C12H15ClN2.CH4O/c1-4-12(13)15-11-7-10(8-14-3)6-5-9(11)2;1-2/h4-7,14H,1,8H2,2-3H3;2H,1H3. The Morgan fingerprint density at radius 2 is 2.18 bits per heavy atom. The molecular weight excluding hydrogens is 236 g/mol. The SMILES string of the molecule is C=CC(Cl)=Nc1cc(CNC)ccc1C.CO. The molecule has 0 aliphatic heterocycles. The minimum absolute atomic E-state index is 0.416. The van der Waals surface area contributed by atoms with Gasteiger partial charge in [0.1, 0.15) is 5.17 Å². The number of nitrogens with one attached hydrogen (secondary N) is 1. The molecule has 94 valence electrons. The lowest BCUT2D eigenvalue weighted by atomic mass is 10.1. The molecule has 17 heavy (non-hydrogen) atoms. The second-order valence-corrected chi connectivity index (χ2v) is 3.68. The summed E-state index contributed by atoms with van der Waals surface area (Å²) in [5, 5.41) is 10.5. The summed E-state index contributed by atoms with van der Waals surface area (Å²) in [5.74, 6) is 0. The first kappa shape index (κ1) is 15.8. The molecule has 0 saturated carbocycles. The van der Waals surface area contributed by atoms with Gasteiger partial charge in [-0.3, -0.25) is 0 Å². The number of aryl methyl sites for hydroxylation is 1. The van der Waals surface area contributed by atoms with Gasteiger partial charge in [-0.1, -0.05) is 30.3 Å². The predicted octanol–water partition coefficient (Wildman–Crippen LogP) is 2.78. The summed E-state index contributed by atoms with van der Waals surface area (Å²) in [6, 6.07) is 6.14. The Kier molecular flexibility index (Phi) is 8.32. The number of aliphatic imine (C=N–C) groups is 1. The van der Waals surface area contributed by atoms with Crippen LogP contribution in [0.4, 0.5) is 5.69 Å². The summed E-state index contributed by atoms with van der Waals surface area (Å²) >= 11 is 5.82. The average molecular weight is 255 g/mol. The van der Waals surface area contributed by atoms with Gasteiger partial charge >= 0.3 is 0 Å². The first-order chi connectivity index (χ1) is 8.17. The van der Waals surface area contributed by atoms with Crippen LogP contribution in [-0.4, -0.2) is 24.4 Å². The molecule has 0 radical (unpaired) electrons. The Bertz CT molecular complexity index is 389. The third-order valence-electron chi connectivity index (χ3n) is 2.05. The highest BCUT2D eigenvalue weighted by molar-refractivity contribution is 6.68. The fourth-order valence-corrected chi connectivity index (χ4v) is 1.34. The molecule has 0 saturated heterocycles. The number of allylic oxidation sites excluding steroid dienone is 1. The second-order valence-electron chi connectivity index (χ2n) is 3.29. The largest absolute Gasteiger partial charge is 0.400 e. The molecule has 0 aromatic heterocycles. The minimum Gasteiger partial charge on any atom is -0.400 e. The van der Waals surface area contributed by atoms with Gasteiger partial charge in [0, 0.05) is 13.7 Å². The summed E-state index contributed by atoms with van der Waals surface area (Å²) < 4.78 is 0. The molecular formula is C13H19ClN2O. The lowest BCUT2D eigenvalue weighted by molar-refractivity contribution is 0.399. The zero-order valence-electron chi connectivity index (χ0n) is 10.5. The number of hydrogen-bond donors (Lipinski definition) is 2. The number of nitrogens with zero attached hydrogens (tertiary/aromatic N) is 1. The lowest BCUT2D eigenvalue weighted by Crippen LogP contribution is -2.04. The van der Waals surface area contributed by atoms with Crippen molar-refractivity contribution in [3.05, 3.63) is 42.0 Å². The Morgan fingerprint density at radius 3 is 2.71 bits per heavy atom. The number of halogens is 1. The van der Waals surface area contributed by atoms with E-state index in [0.717, 1.165) is 24.9 Å². The molecule has 0 amide bonds. The topological polar surface area (TPSA) is 44.6 Å². The number of benzene rings is 1. The highest BCUT2D eigenvalue weighted by Crippen LogP contribution is 2.21. The quantitative estimate of drug-likeness (QED) is 0.812. The molecule has 0 bridgehead atoms. The summed E-state index contributed by atoms with van der Waals surface area (Å²) in [7, 11) is 2.92. The van der Waals surface area contributed by atoms with Crippen LogP contribution in [0.3, 0.4) is 0 Å². The third-order valence-corrected chi connectivity index (χ3v) is 2.29. The molecule has 0 spiro atoms. The van der Waals surface area contributed by atoms with Crippen molar-refractivity contribution < 1.29 is 5.11 Å². The summed E-state index contributed by atoms with van der Waals surface area (Å²) in [5.41, 5.74) is 3.19. The number of aliphatic hydroxyl groups is 1. The smallest absolute Gasteiger partial charge is 0.129 e. The van der Waals surface area contributed by atoms with Crippen molar-refractivity contribution in [3.8, 4) is 0 Å². The van der Waals surface area contributed by atoms with E-state index in [2.05, 4.69) is 23.0 Å². The van der Waals surface area contributed by atoms with E-state index in [4.69, 9.17) is 16.7 Å². The van der Waals surface area contributed by atoms with Gasteiger partial charge in [0.25, 0.3) is 0 Å². The van der Waals surface area contributed by atoms with E-state index in [0.29, 0.717) is 5.17 Å². The van der Waals surface area contributed by atoms with E-state index >= 15 is 0 Å². The first-order valence-electron chi connectivity index (χ1n) is 5.23. The van der Waals surface area contributed by atoms with Gasteiger partial charge in [0.05, 0.1) is 5.69 Å². The van der Waals surface area contributed by atoms with Crippen molar-refractivity contribution in [2.75, 3.05) is 14.2 Å². The predicted molar refractivity (Wildman–Crippen MR) is 75.2 cm³/mol. The van der Waals surface area contributed by atoms with Crippen LogP contribution in [0.2, 0.25) is 0 Å². The average Bonchev–Trinajstić information content (AvgIpc) is 2.36. The fourth-order valence-electron chi connectivity index (χ4n) is 1.25. The second kappa shape index (κ2) is 8.93. The van der Waals surface area contributed by atoms with E-state index in [-0.39, 0.29) is 0 Å². The molecule has 0 fully saturated rings. The van der Waals surface area contributed by atoms with Crippen molar-refractivity contribution in [1.82, 2.24) is 5.32 Å². The van der Waals surface area contributed by atoms with Gasteiger partial charge in [0.2, 0.25) is 0 Å². The molecule has 3 nitrogen and oxygen atoms in total. The number of aliphatic hydroxyl groups excluding tert-OH is 1. The molecule has 0 heterocycles. The Morgan fingerprint density at radius 1 is 1.53 bits per heavy atom. The van der Waals surface area contributed by atoms with Crippen LogP contribution in [0.15, 0.2) is 35.8 Å². The van der Waals surface area contributed by atoms with Crippen LogP contribution in [0.1, 0.15) is 11.1 Å². The Labute approximate surface area is 108 Å². The number of rotatable bonds is 4. The molecule has 0 aliphatic rings. The van der Waals surface area contributed by atoms with Crippen molar-refractivity contribution in [2.45, 2.75) is 13.5 Å². The van der Waals surface area contributed by atoms with Gasteiger partial charge in [-0.25, -0.2) is 4.99 Å². The van der Waals surface area contributed by atoms with E-state index in [1.807, 2.05) is 26.1 Å². The molecule has 0 atom stereocenters. The Hall–Kier alpha value is -1.16. The van der Waals surface area contributed by atoms with Gasteiger partial charge in [-0.05, 0) is 37.2 Å². The van der Waals surface area contributed by atoms with Crippen LogP contribution in [0.5, 0.6) is 0 Å². The third kappa shape index (κ3) is 5.63. The van der Waals surface area contributed by atoms with E-state index in [9.17, 15) is 0 Å². The van der Waals surface area contributed by atoms with Crippen LogP contribution in [0, 0.1) is 6.92 Å². The van der Waals surface area contributed by atoms with Crippen molar-refractivity contribution >= 4 is 22.5 Å². The summed E-state index contributed by atoms with van der Waals surface area (Å²) in [6.07, 6.45) is 1.53. The molecule has 4 heteroatoms. The van der Waals surface area contributed by atoms with Gasteiger partial charge in [-0.2, -0.15) is 0 Å². The van der Waals surface area contributed by atoms with E-state index in [1.165, 1.54) is 11.6 Å². The van der Waals surface area contributed by atoms with Gasteiger partial charge < -0.3 is 10.4 Å². The minimum atomic E-state index is 0.416. The normalized spacial score (nSPS) is 10.5. The monoisotopic (exact) mass is 254 g/mol. The first-order valence-corrected chi connectivity index (χ1v) is 5.60. The Balaban J connectivity index is 0.00000121. The fraction of sp³-hybridized carbons (Fsp3) is 0.308. The zero-order chi connectivity index (χ0) is 13.3. The molecule has 0 aliphatic carbocycles. The number of hydrogen-bond acceptors (Lipinski definition) is 3. The highest BCUT2D eigenvalue weighted by Gasteiger charge is 1.99. The molecule has 2 N–H and O–H groups in total. The van der Waals surface area contributed by atoms with E-state index in [1.54, 1.807) is 0 Å². The maximum atomic E-state index is 7.00. The summed E-state index contributed by atoms with van der Waals surface area (Å²) in [6.45, 7) is 6.41. The van der Waals surface area contributed by atoms with Crippen molar-refractivity contribution in [1.29, 1.82) is 0 Å². The van der Waals surface area contributed by atoms with Crippen molar-refractivity contribution in [3.63, 3.8) is 0 Å². The molecule has 0 unspecified atom stereocenters. The summed E-state index contributed by atoms with van der Waals surface area (Å²) in [4.78, 5) is 4.26. The van der Waals surface area contributed by atoms with Crippen LogP contribution in [0.25, 0.3) is 0 Å². The molecule has 1 rings (SSSR count). The van der Waals surface area contributed by atoms with Gasteiger partial charge in [-0.15, -0.1) is 0 Å². The van der Waals surface area contributed by atoms with Crippen LogP contribution in [-0.2, 0) is 6.54 Å².